The van der Waals surface area contributed by atoms with E-state index in [9.17, 15) is 0 Å². The summed E-state index contributed by atoms with van der Waals surface area (Å²) in [4.78, 5) is 0. The predicted octanol–water partition coefficient (Wildman–Crippen LogP) is 3.10. The van der Waals surface area contributed by atoms with E-state index in [1.807, 2.05) is 26.0 Å². The molecule has 0 amide bonds. The third kappa shape index (κ3) is 0.994. The van der Waals surface area contributed by atoms with Gasteiger partial charge in [0.2, 0.25) is 0 Å². The van der Waals surface area contributed by atoms with Crippen LogP contribution in [0.15, 0.2) is 16.7 Å². The van der Waals surface area contributed by atoms with Gasteiger partial charge in [0.1, 0.15) is 0 Å². The van der Waals surface area contributed by atoms with Gasteiger partial charge >= 0.3 is 0 Å². The highest BCUT2D eigenvalue weighted by Gasteiger charge is 2.07. The van der Waals surface area contributed by atoms with Crippen molar-refractivity contribution in [2.75, 3.05) is 0 Å². The summed E-state index contributed by atoms with van der Waals surface area (Å²) < 4.78 is 5.05. The Kier molecular flexibility index (Phi) is 1.58. The van der Waals surface area contributed by atoms with E-state index >= 15 is 0 Å². The number of rotatable bonds is 0. The van der Waals surface area contributed by atoms with Crippen LogP contribution in [0.25, 0.3) is 11.0 Å². The van der Waals surface area contributed by atoms with Gasteiger partial charge in [-0.25, -0.2) is 0 Å². The number of hydrogen-bond donors (Lipinski definition) is 0. The molecular formula is C9H8ClNO. The third-order valence-electron chi connectivity index (χ3n) is 1.86. The van der Waals surface area contributed by atoms with Gasteiger partial charge in [-0.15, -0.1) is 0 Å². The molecule has 62 valence electrons. The zero-order valence-electron chi connectivity index (χ0n) is 6.89. The van der Waals surface area contributed by atoms with Crippen molar-refractivity contribution < 1.29 is 4.52 Å². The van der Waals surface area contributed by atoms with Gasteiger partial charge in [-0.1, -0.05) is 22.8 Å². The molecule has 0 saturated carbocycles. The van der Waals surface area contributed by atoms with Crippen molar-refractivity contribution >= 4 is 22.6 Å². The first-order valence-corrected chi connectivity index (χ1v) is 4.08. The number of aromatic nitrogens is 1. The second-order valence-electron chi connectivity index (χ2n) is 2.93. The standard InChI is InChI=1S/C9H8ClNO/c1-5-3-6(2)8-7(4-5)9(10)11-12-8/h3-4H,1-2H3. The Hall–Kier alpha value is -1.02. The first kappa shape index (κ1) is 7.62. The molecule has 0 spiro atoms. The van der Waals surface area contributed by atoms with Gasteiger partial charge in [0, 0.05) is 0 Å². The molecule has 0 unspecified atom stereocenters. The van der Waals surface area contributed by atoms with Crippen molar-refractivity contribution in [1.82, 2.24) is 5.16 Å². The van der Waals surface area contributed by atoms with Crippen LogP contribution in [-0.2, 0) is 0 Å². The molecular weight excluding hydrogens is 174 g/mol. The molecule has 0 aliphatic carbocycles. The van der Waals surface area contributed by atoms with Crippen LogP contribution in [-0.4, -0.2) is 5.16 Å². The minimum absolute atomic E-state index is 0.441. The zero-order valence-corrected chi connectivity index (χ0v) is 7.64. The Labute approximate surface area is 75.1 Å². The predicted molar refractivity (Wildman–Crippen MR) is 48.5 cm³/mol. The molecule has 0 saturated heterocycles. The quantitative estimate of drug-likeness (QED) is 0.624. The Morgan fingerprint density at radius 1 is 1.33 bits per heavy atom. The lowest BCUT2D eigenvalue weighted by atomic mass is 10.1. The Morgan fingerprint density at radius 2 is 2.08 bits per heavy atom. The van der Waals surface area contributed by atoms with Crippen molar-refractivity contribution in [2.45, 2.75) is 13.8 Å². The van der Waals surface area contributed by atoms with E-state index in [0.29, 0.717) is 5.15 Å². The van der Waals surface area contributed by atoms with Crippen LogP contribution >= 0.6 is 11.6 Å². The molecule has 1 heterocycles. The van der Waals surface area contributed by atoms with E-state index in [1.54, 1.807) is 0 Å². The van der Waals surface area contributed by atoms with Crippen molar-refractivity contribution in [3.8, 4) is 0 Å². The molecule has 0 atom stereocenters. The van der Waals surface area contributed by atoms with Gasteiger partial charge in [-0.2, -0.15) is 0 Å². The first-order chi connectivity index (χ1) is 5.68. The molecule has 0 N–H and O–H groups in total. The smallest absolute Gasteiger partial charge is 0.180 e. The summed E-state index contributed by atoms with van der Waals surface area (Å²) in [5, 5.41) is 5.03. The van der Waals surface area contributed by atoms with Gasteiger partial charge in [-0.05, 0) is 31.0 Å². The second kappa shape index (κ2) is 2.49. The van der Waals surface area contributed by atoms with Crippen LogP contribution in [0, 0.1) is 13.8 Å². The number of halogens is 1. The average molecular weight is 182 g/mol. The molecule has 2 rings (SSSR count). The summed E-state index contributed by atoms with van der Waals surface area (Å²) in [5.41, 5.74) is 3.03. The largest absolute Gasteiger partial charge is 0.354 e. The van der Waals surface area contributed by atoms with Crippen LogP contribution in [0.3, 0.4) is 0 Å². The SMILES string of the molecule is Cc1cc(C)c2onc(Cl)c2c1. The fraction of sp³-hybridized carbons (Fsp3) is 0.222. The zero-order chi connectivity index (χ0) is 8.72. The van der Waals surface area contributed by atoms with Gasteiger partial charge < -0.3 is 4.52 Å². The summed E-state index contributed by atoms with van der Waals surface area (Å²) in [6, 6.07) is 4.02. The van der Waals surface area contributed by atoms with E-state index in [1.165, 1.54) is 5.56 Å². The van der Waals surface area contributed by atoms with Crippen LogP contribution in [0.5, 0.6) is 0 Å². The number of nitrogens with zero attached hydrogens (tertiary/aromatic N) is 1. The van der Waals surface area contributed by atoms with E-state index in [2.05, 4.69) is 5.16 Å². The molecule has 2 nitrogen and oxygen atoms in total. The van der Waals surface area contributed by atoms with E-state index in [-0.39, 0.29) is 0 Å². The lowest BCUT2D eigenvalue weighted by Crippen LogP contribution is -1.76. The summed E-state index contributed by atoms with van der Waals surface area (Å²) in [6.07, 6.45) is 0. The second-order valence-corrected chi connectivity index (χ2v) is 3.29. The Morgan fingerprint density at radius 3 is 2.83 bits per heavy atom. The Bertz CT molecular complexity index is 433. The molecule has 1 aromatic heterocycles. The van der Waals surface area contributed by atoms with Crippen molar-refractivity contribution in [1.29, 1.82) is 0 Å². The highest BCUT2D eigenvalue weighted by molar-refractivity contribution is 6.34. The van der Waals surface area contributed by atoms with E-state index in [0.717, 1.165) is 16.5 Å². The monoisotopic (exact) mass is 181 g/mol. The molecule has 2 aromatic rings. The number of aryl methyl sites for hydroxylation is 2. The van der Waals surface area contributed by atoms with Crippen LogP contribution in [0.2, 0.25) is 5.15 Å². The highest BCUT2D eigenvalue weighted by atomic mass is 35.5. The van der Waals surface area contributed by atoms with Gasteiger partial charge in [0.15, 0.2) is 10.7 Å². The molecule has 0 fully saturated rings. The van der Waals surface area contributed by atoms with E-state index in [4.69, 9.17) is 16.1 Å². The minimum Gasteiger partial charge on any atom is -0.354 e. The fourth-order valence-corrected chi connectivity index (χ4v) is 1.54. The number of fused-ring (bicyclic) bond motifs is 1. The van der Waals surface area contributed by atoms with Gasteiger partial charge in [-0.3, -0.25) is 0 Å². The Balaban J connectivity index is 2.92. The molecule has 3 heteroatoms. The summed E-state index contributed by atoms with van der Waals surface area (Å²) in [7, 11) is 0. The number of benzene rings is 1. The molecule has 0 radical (unpaired) electrons. The van der Waals surface area contributed by atoms with E-state index < -0.39 is 0 Å². The molecule has 0 aliphatic rings. The highest BCUT2D eigenvalue weighted by Crippen LogP contribution is 2.26. The lowest BCUT2D eigenvalue weighted by Gasteiger charge is -1.95. The summed E-state index contributed by atoms with van der Waals surface area (Å²) in [6.45, 7) is 4.01. The van der Waals surface area contributed by atoms with Crippen LogP contribution in [0.1, 0.15) is 11.1 Å². The summed E-state index contributed by atoms with van der Waals surface area (Å²) >= 11 is 5.81. The van der Waals surface area contributed by atoms with Crippen molar-refractivity contribution in [3.05, 3.63) is 28.4 Å². The number of hydrogen-bond acceptors (Lipinski definition) is 2. The average Bonchev–Trinajstić information content (AvgIpc) is 2.33. The first-order valence-electron chi connectivity index (χ1n) is 3.70. The van der Waals surface area contributed by atoms with Crippen molar-refractivity contribution in [2.24, 2.45) is 0 Å². The molecule has 12 heavy (non-hydrogen) atoms. The maximum Gasteiger partial charge on any atom is 0.180 e. The summed E-state index contributed by atoms with van der Waals surface area (Å²) in [5.74, 6) is 0. The van der Waals surface area contributed by atoms with Crippen LogP contribution in [0.4, 0.5) is 0 Å². The molecule has 0 bridgehead atoms. The minimum atomic E-state index is 0.441. The molecule has 1 aromatic carbocycles. The van der Waals surface area contributed by atoms with Gasteiger partial charge in [0.05, 0.1) is 5.39 Å². The van der Waals surface area contributed by atoms with Crippen LogP contribution < -0.4 is 0 Å². The topological polar surface area (TPSA) is 26.0 Å². The van der Waals surface area contributed by atoms with Crippen molar-refractivity contribution in [3.63, 3.8) is 0 Å². The van der Waals surface area contributed by atoms with Gasteiger partial charge in [0.25, 0.3) is 0 Å². The maximum atomic E-state index is 5.81. The lowest BCUT2D eigenvalue weighted by molar-refractivity contribution is 0.455. The fourth-order valence-electron chi connectivity index (χ4n) is 1.36. The maximum absolute atomic E-state index is 5.81. The normalized spacial score (nSPS) is 10.9. The molecule has 0 aliphatic heterocycles. The third-order valence-corrected chi connectivity index (χ3v) is 2.13.